The first-order chi connectivity index (χ1) is 14.7. The van der Waals surface area contributed by atoms with E-state index in [0.29, 0.717) is 24.1 Å². The highest BCUT2D eigenvalue weighted by Gasteiger charge is 2.47. The third kappa shape index (κ3) is 5.09. The number of anilines is 1. The second kappa shape index (κ2) is 8.99. The summed E-state index contributed by atoms with van der Waals surface area (Å²) in [5.74, 6) is -1.06. The van der Waals surface area contributed by atoms with Gasteiger partial charge in [-0.2, -0.15) is 0 Å². The minimum atomic E-state index is -1.05. The highest BCUT2D eigenvalue weighted by atomic mass is 16.2. The number of aryl methyl sites for hydroxylation is 1. The van der Waals surface area contributed by atoms with Crippen molar-refractivity contribution in [2.24, 2.45) is 0 Å². The summed E-state index contributed by atoms with van der Waals surface area (Å²) >= 11 is 0. The molecule has 5 amide bonds. The SMILES string of the molecule is CN(C)C(=O)c1ccc(NC(=O)CN2C(=O)N[C@](C)(CCc3ccccc3)C2=O)cc1. The van der Waals surface area contributed by atoms with Crippen molar-refractivity contribution in [3.8, 4) is 0 Å². The van der Waals surface area contributed by atoms with Crippen molar-refractivity contribution in [2.45, 2.75) is 25.3 Å². The van der Waals surface area contributed by atoms with Gasteiger partial charge in [0.05, 0.1) is 0 Å². The molecule has 0 radical (unpaired) electrons. The Bertz CT molecular complexity index is 988. The maximum atomic E-state index is 12.9. The molecule has 31 heavy (non-hydrogen) atoms. The Balaban J connectivity index is 1.59. The van der Waals surface area contributed by atoms with Crippen LogP contribution in [0.15, 0.2) is 54.6 Å². The lowest BCUT2D eigenvalue weighted by molar-refractivity contribution is -0.133. The second-order valence-corrected chi connectivity index (χ2v) is 7.96. The van der Waals surface area contributed by atoms with E-state index >= 15 is 0 Å². The van der Waals surface area contributed by atoms with Gasteiger partial charge in [0.1, 0.15) is 12.1 Å². The predicted octanol–water partition coefficient (Wildman–Crippen LogP) is 2.27. The van der Waals surface area contributed by atoms with E-state index in [-0.39, 0.29) is 12.5 Å². The van der Waals surface area contributed by atoms with E-state index in [1.807, 2.05) is 30.3 Å². The minimum absolute atomic E-state index is 0.146. The topological polar surface area (TPSA) is 98.8 Å². The van der Waals surface area contributed by atoms with E-state index in [4.69, 9.17) is 0 Å². The average Bonchev–Trinajstić information content (AvgIpc) is 2.96. The molecule has 2 aromatic carbocycles. The number of carbonyl (C=O) groups excluding carboxylic acids is 4. The highest BCUT2D eigenvalue weighted by molar-refractivity contribution is 6.10. The lowest BCUT2D eigenvalue weighted by Gasteiger charge is -2.21. The molecule has 2 N–H and O–H groups in total. The predicted molar refractivity (Wildman–Crippen MR) is 117 cm³/mol. The zero-order valence-corrected chi connectivity index (χ0v) is 17.8. The van der Waals surface area contributed by atoms with Crippen molar-refractivity contribution in [3.63, 3.8) is 0 Å². The summed E-state index contributed by atoms with van der Waals surface area (Å²) in [6.45, 7) is 1.29. The Kier molecular flexibility index (Phi) is 6.39. The van der Waals surface area contributed by atoms with Gasteiger partial charge in [0.2, 0.25) is 5.91 Å². The van der Waals surface area contributed by atoms with Gasteiger partial charge in [-0.1, -0.05) is 30.3 Å². The van der Waals surface area contributed by atoms with Gasteiger partial charge in [-0.25, -0.2) is 4.79 Å². The van der Waals surface area contributed by atoms with Gasteiger partial charge >= 0.3 is 6.03 Å². The Morgan fingerprint density at radius 3 is 2.29 bits per heavy atom. The molecule has 0 saturated carbocycles. The van der Waals surface area contributed by atoms with Gasteiger partial charge in [0.15, 0.2) is 0 Å². The Hall–Kier alpha value is -3.68. The van der Waals surface area contributed by atoms with Crippen LogP contribution < -0.4 is 10.6 Å². The molecule has 0 spiro atoms. The van der Waals surface area contributed by atoms with Gasteiger partial charge in [0, 0.05) is 25.3 Å². The van der Waals surface area contributed by atoms with Crippen LogP contribution in [0.3, 0.4) is 0 Å². The monoisotopic (exact) mass is 422 g/mol. The van der Waals surface area contributed by atoms with Gasteiger partial charge in [-0.3, -0.25) is 19.3 Å². The Morgan fingerprint density at radius 1 is 1.03 bits per heavy atom. The number of nitrogens with one attached hydrogen (secondary N) is 2. The molecule has 162 valence electrons. The van der Waals surface area contributed by atoms with Crippen LogP contribution in [0.25, 0.3) is 0 Å². The number of rotatable bonds is 7. The van der Waals surface area contributed by atoms with Gasteiger partial charge < -0.3 is 15.5 Å². The molecule has 0 unspecified atom stereocenters. The third-order valence-electron chi connectivity index (χ3n) is 5.23. The molecule has 0 bridgehead atoms. The zero-order valence-electron chi connectivity index (χ0n) is 17.8. The van der Waals surface area contributed by atoms with Crippen LogP contribution in [0, 0.1) is 0 Å². The van der Waals surface area contributed by atoms with E-state index < -0.39 is 23.4 Å². The summed E-state index contributed by atoms with van der Waals surface area (Å²) in [6, 6.07) is 15.5. The molecule has 0 aromatic heterocycles. The van der Waals surface area contributed by atoms with Crippen molar-refractivity contribution in [1.29, 1.82) is 0 Å². The Morgan fingerprint density at radius 2 is 1.68 bits per heavy atom. The fraction of sp³-hybridized carbons (Fsp3) is 0.304. The number of hydrogen-bond acceptors (Lipinski definition) is 4. The summed E-state index contributed by atoms with van der Waals surface area (Å²) < 4.78 is 0. The van der Waals surface area contributed by atoms with Gasteiger partial charge in [-0.15, -0.1) is 0 Å². The van der Waals surface area contributed by atoms with E-state index in [1.54, 1.807) is 45.3 Å². The second-order valence-electron chi connectivity index (χ2n) is 7.96. The molecular weight excluding hydrogens is 396 g/mol. The van der Waals surface area contributed by atoms with Gasteiger partial charge in [0.25, 0.3) is 11.8 Å². The third-order valence-corrected chi connectivity index (χ3v) is 5.23. The average molecular weight is 422 g/mol. The minimum Gasteiger partial charge on any atom is -0.345 e. The first kappa shape index (κ1) is 22.0. The van der Waals surface area contributed by atoms with E-state index in [0.717, 1.165) is 10.5 Å². The quantitative estimate of drug-likeness (QED) is 0.669. The van der Waals surface area contributed by atoms with Crippen LogP contribution in [0.5, 0.6) is 0 Å². The summed E-state index contributed by atoms with van der Waals surface area (Å²) in [7, 11) is 3.31. The van der Waals surface area contributed by atoms with Crippen LogP contribution in [-0.4, -0.2) is 59.7 Å². The molecule has 2 aromatic rings. The number of amides is 5. The molecule has 1 saturated heterocycles. The summed E-state index contributed by atoms with van der Waals surface area (Å²) in [5, 5.41) is 5.37. The smallest absolute Gasteiger partial charge is 0.325 e. The number of benzene rings is 2. The molecule has 0 aliphatic carbocycles. The maximum Gasteiger partial charge on any atom is 0.325 e. The van der Waals surface area contributed by atoms with Crippen molar-refractivity contribution in [2.75, 3.05) is 26.0 Å². The van der Waals surface area contributed by atoms with E-state index in [9.17, 15) is 19.2 Å². The fourth-order valence-electron chi connectivity index (χ4n) is 3.40. The van der Waals surface area contributed by atoms with E-state index in [1.165, 1.54) is 4.90 Å². The number of urea groups is 1. The molecule has 1 atom stereocenters. The first-order valence-corrected chi connectivity index (χ1v) is 9.99. The Labute approximate surface area is 181 Å². The molecule has 1 aliphatic rings. The number of imide groups is 1. The van der Waals surface area contributed by atoms with Crippen molar-refractivity contribution >= 4 is 29.4 Å². The first-order valence-electron chi connectivity index (χ1n) is 9.99. The zero-order chi connectivity index (χ0) is 22.6. The summed E-state index contributed by atoms with van der Waals surface area (Å²) in [5.41, 5.74) is 0.977. The standard InChI is InChI=1S/C23H26N4O4/c1-23(14-13-16-7-5-4-6-8-16)21(30)27(22(31)25-23)15-19(28)24-18-11-9-17(10-12-18)20(29)26(2)3/h4-12H,13-15H2,1-3H3,(H,24,28)(H,25,31)/t23-/m1/s1. The van der Waals surface area contributed by atoms with Crippen LogP contribution >= 0.6 is 0 Å². The lowest BCUT2D eigenvalue weighted by atomic mass is 9.93. The fourth-order valence-corrected chi connectivity index (χ4v) is 3.40. The molecular formula is C23H26N4O4. The summed E-state index contributed by atoms with van der Waals surface area (Å²) in [6.07, 6.45) is 1.06. The van der Waals surface area contributed by atoms with Crippen molar-refractivity contribution in [3.05, 3.63) is 65.7 Å². The van der Waals surface area contributed by atoms with Crippen LogP contribution in [0.2, 0.25) is 0 Å². The van der Waals surface area contributed by atoms with Crippen molar-refractivity contribution < 1.29 is 19.2 Å². The van der Waals surface area contributed by atoms with Crippen LogP contribution in [0.4, 0.5) is 10.5 Å². The highest BCUT2D eigenvalue weighted by Crippen LogP contribution is 2.23. The number of carbonyl (C=O) groups is 4. The van der Waals surface area contributed by atoms with Crippen molar-refractivity contribution in [1.82, 2.24) is 15.1 Å². The normalized spacial score (nSPS) is 18.0. The molecule has 1 fully saturated rings. The largest absolute Gasteiger partial charge is 0.345 e. The van der Waals surface area contributed by atoms with E-state index in [2.05, 4.69) is 10.6 Å². The summed E-state index contributed by atoms with van der Waals surface area (Å²) in [4.78, 5) is 52.0. The number of hydrogen-bond donors (Lipinski definition) is 2. The molecule has 8 heteroatoms. The number of nitrogens with zero attached hydrogens (tertiary/aromatic N) is 2. The molecule has 3 rings (SSSR count). The molecule has 8 nitrogen and oxygen atoms in total. The lowest BCUT2D eigenvalue weighted by Crippen LogP contribution is -2.45. The molecule has 1 heterocycles. The molecule has 1 aliphatic heterocycles. The maximum absolute atomic E-state index is 12.9. The van der Waals surface area contributed by atoms with Crippen LogP contribution in [-0.2, 0) is 16.0 Å². The van der Waals surface area contributed by atoms with Crippen LogP contribution in [0.1, 0.15) is 29.3 Å². The van der Waals surface area contributed by atoms with Gasteiger partial charge in [-0.05, 0) is 49.6 Å².